The molecule has 1 aliphatic heterocycles. The van der Waals surface area contributed by atoms with Crippen molar-refractivity contribution >= 4 is 23.5 Å². The zero-order valence-electron chi connectivity index (χ0n) is 11.3. The molecule has 2 atom stereocenters. The van der Waals surface area contributed by atoms with Crippen LogP contribution in [0.15, 0.2) is 24.3 Å². The number of rotatable bonds is 5. The maximum absolute atomic E-state index is 11.9. The molecule has 1 heterocycles. The molecule has 5 nitrogen and oxygen atoms in total. The lowest BCUT2D eigenvalue weighted by Gasteiger charge is -2.24. The summed E-state index contributed by atoms with van der Waals surface area (Å²) in [6, 6.07) is 7.83. The quantitative estimate of drug-likeness (QED) is 0.839. The van der Waals surface area contributed by atoms with Gasteiger partial charge in [0.05, 0.1) is 11.6 Å². The van der Waals surface area contributed by atoms with Crippen LogP contribution in [0.3, 0.4) is 0 Å². The molecule has 1 unspecified atom stereocenters. The maximum atomic E-state index is 11.9. The van der Waals surface area contributed by atoms with Gasteiger partial charge in [-0.05, 0) is 23.6 Å². The van der Waals surface area contributed by atoms with Crippen LogP contribution in [-0.4, -0.2) is 40.3 Å². The number of hydrogen-bond donors (Lipinski definition) is 1. The van der Waals surface area contributed by atoms with Crippen molar-refractivity contribution in [2.24, 2.45) is 5.92 Å². The number of nitriles is 1. The van der Waals surface area contributed by atoms with Crippen LogP contribution in [0.1, 0.15) is 17.5 Å². The number of carbonyl (C=O) groups is 2. The summed E-state index contributed by atoms with van der Waals surface area (Å²) < 4.78 is 0. The number of hydrogen-bond acceptors (Lipinski definition) is 3. The van der Waals surface area contributed by atoms with Crippen molar-refractivity contribution < 1.29 is 14.7 Å². The average Bonchev–Trinajstić information content (AvgIpc) is 2.86. The van der Waals surface area contributed by atoms with Gasteiger partial charge >= 0.3 is 5.97 Å². The number of carbonyl (C=O) groups excluding carboxylic acids is 1. The minimum atomic E-state index is -1.03. The van der Waals surface area contributed by atoms with Gasteiger partial charge in [-0.3, -0.25) is 4.79 Å². The average molecular weight is 307 g/mol. The van der Waals surface area contributed by atoms with Gasteiger partial charge in [-0.15, -0.1) is 11.6 Å². The van der Waals surface area contributed by atoms with Crippen molar-refractivity contribution in [1.29, 1.82) is 5.26 Å². The molecule has 0 saturated carbocycles. The molecule has 2 rings (SSSR count). The van der Waals surface area contributed by atoms with Crippen LogP contribution < -0.4 is 0 Å². The van der Waals surface area contributed by atoms with Crippen molar-refractivity contribution in [2.45, 2.75) is 18.9 Å². The Kier molecular flexibility index (Phi) is 4.81. The summed E-state index contributed by atoms with van der Waals surface area (Å²) in [4.78, 5) is 24.8. The van der Waals surface area contributed by atoms with Crippen LogP contribution in [-0.2, 0) is 16.0 Å². The molecule has 1 aromatic rings. The first-order valence-electron chi connectivity index (χ1n) is 6.62. The third-order valence-corrected chi connectivity index (χ3v) is 4.07. The molecule has 1 N–H and O–H groups in total. The first-order valence-corrected chi connectivity index (χ1v) is 7.16. The number of benzene rings is 1. The fourth-order valence-electron chi connectivity index (χ4n) is 2.48. The minimum Gasteiger partial charge on any atom is -0.480 e. The standard InChI is InChI=1S/C15H15ClN2O3/c16-7-12-6-14(19)18(9-12)13(15(20)21)5-10-1-3-11(8-17)4-2-10/h1-4,12-13H,5-7,9H2,(H,20,21)/t12?,13-/m0/s1. The Balaban J connectivity index is 2.14. The molecular formula is C15H15ClN2O3. The van der Waals surface area contributed by atoms with E-state index in [9.17, 15) is 14.7 Å². The van der Waals surface area contributed by atoms with Gasteiger partial charge in [0.15, 0.2) is 0 Å². The SMILES string of the molecule is N#Cc1ccc(C[C@@H](C(=O)O)N2CC(CCl)CC2=O)cc1. The summed E-state index contributed by atoms with van der Waals surface area (Å²) in [6.45, 7) is 0.385. The van der Waals surface area contributed by atoms with E-state index in [1.165, 1.54) is 4.90 Å². The fraction of sp³-hybridized carbons (Fsp3) is 0.400. The second kappa shape index (κ2) is 6.59. The number of nitrogens with zero attached hydrogens (tertiary/aromatic N) is 2. The number of alkyl halides is 1. The van der Waals surface area contributed by atoms with Crippen LogP contribution in [0, 0.1) is 17.2 Å². The molecule has 0 spiro atoms. The van der Waals surface area contributed by atoms with E-state index in [2.05, 4.69) is 0 Å². The highest BCUT2D eigenvalue weighted by Crippen LogP contribution is 2.23. The summed E-state index contributed by atoms with van der Waals surface area (Å²) in [5.74, 6) is -0.822. The van der Waals surface area contributed by atoms with Crippen molar-refractivity contribution in [3.05, 3.63) is 35.4 Å². The van der Waals surface area contributed by atoms with Gasteiger partial charge in [-0.1, -0.05) is 12.1 Å². The molecule has 21 heavy (non-hydrogen) atoms. The predicted octanol–water partition coefficient (Wildman–Crippen LogP) is 1.64. The molecule has 0 aromatic heterocycles. The summed E-state index contributed by atoms with van der Waals surface area (Å²) >= 11 is 5.76. The van der Waals surface area contributed by atoms with E-state index in [4.69, 9.17) is 16.9 Å². The van der Waals surface area contributed by atoms with E-state index in [0.29, 0.717) is 24.4 Å². The van der Waals surface area contributed by atoms with Gasteiger partial charge in [0.25, 0.3) is 0 Å². The first kappa shape index (κ1) is 15.3. The molecule has 0 radical (unpaired) electrons. The second-order valence-corrected chi connectivity index (χ2v) is 5.45. The number of carboxylic acid groups (broad SMARTS) is 1. The first-order chi connectivity index (χ1) is 10.0. The monoisotopic (exact) mass is 306 g/mol. The maximum Gasteiger partial charge on any atom is 0.326 e. The summed E-state index contributed by atoms with van der Waals surface area (Å²) in [7, 11) is 0. The van der Waals surface area contributed by atoms with Gasteiger partial charge in [0, 0.05) is 25.3 Å². The zero-order chi connectivity index (χ0) is 15.4. The van der Waals surface area contributed by atoms with E-state index in [1.54, 1.807) is 24.3 Å². The molecule has 1 amide bonds. The Morgan fingerprint density at radius 1 is 1.48 bits per heavy atom. The number of aliphatic carboxylic acids is 1. The van der Waals surface area contributed by atoms with Crippen LogP contribution in [0.25, 0.3) is 0 Å². The van der Waals surface area contributed by atoms with E-state index >= 15 is 0 Å². The zero-order valence-corrected chi connectivity index (χ0v) is 12.1. The van der Waals surface area contributed by atoms with Crippen molar-refractivity contribution in [2.75, 3.05) is 12.4 Å². The van der Waals surface area contributed by atoms with Gasteiger partial charge < -0.3 is 10.0 Å². The Hall–Kier alpha value is -2.06. The normalized spacial score (nSPS) is 19.3. The fourth-order valence-corrected chi connectivity index (χ4v) is 2.69. The van der Waals surface area contributed by atoms with Crippen LogP contribution in [0.2, 0.25) is 0 Å². The number of amides is 1. The number of halogens is 1. The van der Waals surface area contributed by atoms with Crippen molar-refractivity contribution in [1.82, 2.24) is 4.90 Å². The van der Waals surface area contributed by atoms with E-state index in [1.807, 2.05) is 6.07 Å². The Bertz CT molecular complexity index is 580. The topological polar surface area (TPSA) is 81.4 Å². The van der Waals surface area contributed by atoms with Crippen LogP contribution >= 0.6 is 11.6 Å². The van der Waals surface area contributed by atoms with Crippen LogP contribution in [0.4, 0.5) is 0 Å². The molecular weight excluding hydrogens is 292 g/mol. The summed E-state index contributed by atoms with van der Waals surface area (Å²) in [5, 5.41) is 18.1. The highest BCUT2D eigenvalue weighted by atomic mass is 35.5. The molecule has 1 fully saturated rings. The number of likely N-dealkylation sites (tertiary alicyclic amines) is 1. The summed E-state index contributed by atoms with van der Waals surface area (Å²) in [6.07, 6.45) is 0.530. The van der Waals surface area contributed by atoms with Gasteiger partial charge in [0.1, 0.15) is 6.04 Å². The number of carboxylic acids is 1. The molecule has 110 valence electrons. The lowest BCUT2D eigenvalue weighted by atomic mass is 10.0. The smallest absolute Gasteiger partial charge is 0.326 e. The van der Waals surface area contributed by atoms with E-state index in [-0.39, 0.29) is 18.2 Å². The lowest BCUT2D eigenvalue weighted by molar-refractivity contribution is -0.148. The van der Waals surface area contributed by atoms with Crippen LogP contribution in [0.5, 0.6) is 0 Å². The predicted molar refractivity (Wildman–Crippen MR) is 76.8 cm³/mol. The Morgan fingerprint density at radius 2 is 2.14 bits per heavy atom. The highest BCUT2D eigenvalue weighted by molar-refractivity contribution is 6.18. The third-order valence-electron chi connectivity index (χ3n) is 3.63. The van der Waals surface area contributed by atoms with Gasteiger partial charge in [-0.2, -0.15) is 5.26 Å². The highest BCUT2D eigenvalue weighted by Gasteiger charge is 2.37. The van der Waals surface area contributed by atoms with E-state index in [0.717, 1.165) is 5.56 Å². The molecule has 1 aromatic carbocycles. The Morgan fingerprint density at radius 3 is 2.62 bits per heavy atom. The third kappa shape index (κ3) is 3.53. The molecule has 0 aliphatic carbocycles. The lowest BCUT2D eigenvalue weighted by Crippen LogP contribution is -2.43. The van der Waals surface area contributed by atoms with Gasteiger partial charge in [-0.25, -0.2) is 4.79 Å². The molecule has 1 aliphatic rings. The minimum absolute atomic E-state index is 0.0157. The molecule has 1 saturated heterocycles. The van der Waals surface area contributed by atoms with Crippen molar-refractivity contribution in [3.8, 4) is 6.07 Å². The summed E-state index contributed by atoms with van der Waals surface area (Å²) in [5.41, 5.74) is 1.30. The van der Waals surface area contributed by atoms with Gasteiger partial charge in [0.2, 0.25) is 5.91 Å². The molecule has 6 heteroatoms. The largest absolute Gasteiger partial charge is 0.480 e. The second-order valence-electron chi connectivity index (χ2n) is 5.14. The Labute approximate surface area is 127 Å². The van der Waals surface area contributed by atoms with E-state index < -0.39 is 12.0 Å². The van der Waals surface area contributed by atoms with Crippen molar-refractivity contribution in [3.63, 3.8) is 0 Å². The molecule has 0 bridgehead atoms.